The van der Waals surface area contributed by atoms with Crippen molar-refractivity contribution in [3.8, 4) is 0 Å². The molecule has 1 aliphatic rings. The number of carbonyl (C=O) groups is 3. The van der Waals surface area contributed by atoms with E-state index in [1.807, 2.05) is 60.7 Å². The van der Waals surface area contributed by atoms with Crippen LogP contribution in [0.2, 0.25) is 0 Å². The molecular weight excluding hydrogens is 1020 g/mol. The van der Waals surface area contributed by atoms with Crippen LogP contribution in [-0.4, -0.2) is 91.7 Å². The van der Waals surface area contributed by atoms with Gasteiger partial charge in [0.05, 0.1) is 45.4 Å². The number of hydrogen-bond donors (Lipinski definition) is 2. The fraction of sp³-hybridized carbons (Fsp3) is 0.742. The number of rotatable bonds is 51. The molecule has 2 aromatic carbocycles. The standard InChI is InChI=1S/C66H107F2NO11/c1-5-9-12-15-18-21-24-27-30-39-46-66(67,68)65(73)78-57(45-38-29-26-23-20-17-14-11-7-3)49-60(71)80-63-61(64(76-47-8-4)79-58(62(63)72)52-75-53-74-50-54-40-33-31-34-41-54)69-59(70)48-56(77-51-55-42-35-32-36-43-55)44-37-28-25-22-19-16-13-10-6-2/h8,31-36,40-43,56-58,61-64,72H,4-7,9-30,37-39,44-53H2,1-3H3,(H,69,70)/t56-,57-,58-,61-,62-,63-,64-/m1/s1. The number of nitrogens with one attached hydrogen (secondary N) is 1. The van der Waals surface area contributed by atoms with E-state index in [9.17, 15) is 19.5 Å². The number of carbonyl (C=O) groups excluding carboxylic acids is 3. The van der Waals surface area contributed by atoms with Gasteiger partial charge in [0.2, 0.25) is 5.91 Å². The molecule has 12 nitrogen and oxygen atoms in total. The molecule has 1 saturated heterocycles. The lowest BCUT2D eigenvalue weighted by Gasteiger charge is -2.44. The van der Waals surface area contributed by atoms with Gasteiger partial charge < -0.3 is 43.6 Å². The van der Waals surface area contributed by atoms with Crippen LogP contribution >= 0.6 is 0 Å². The van der Waals surface area contributed by atoms with Crippen LogP contribution in [0.25, 0.3) is 0 Å². The van der Waals surface area contributed by atoms with Crippen LogP contribution in [-0.2, 0) is 60.8 Å². The summed E-state index contributed by atoms with van der Waals surface area (Å²) in [5, 5.41) is 15.1. The summed E-state index contributed by atoms with van der Waals surface area (Å²) in [7, 11) is 0. The number of aliphatic hydroxyl groups excluding tert-OH is 1. The maximum Gasteiger partial charge on any atom is 0.377 e. The van der Waals surface area contributed by atoms with E-state index in [2.05, 4.69) is 32.7 Å². The molecule has 0 aromatic heterocycles. The van der Waals surface area contributed by atoms with Crippen molar-refractivity contribution in [1.29, 1.82) is 0 Å². The smallest absolute Gasteiger partial charge is 0.377 e. The molecule has 2 N–H and O–H groups in total. The van der Waals surface area contributed by atoms with Crippen LogP contribution < -0.4 is 5.32 Å². The van der Waals surface area contributed by atoms with Crippen molar-refractivity contribution in [2.75, 3.05) is 20.0 Å². The summed E-state index contributed by atoms with van der Waals surface area (Å²) in [6.07, 6.45) is 22.9. The molecule has 1 amide bonds. The van der Waals surface area contributed by atoms with E-state index in [1.54, 1.807) is 0 Å². The molecule has 0 radical (unpaired) electrons. The first-order valence-electron chi connectivity index (χ1n) is 31.5. The van der Waals surface area contributed by atoms with Crippen molar-refractivity contribution in [3.63, 3.8) is 0 Å². The average Bonchev–Trinajstić information content (AvgIpc) is 3.52. The lowest BCUT2D eigenvalue weighted by molar-refractivity contribution is -0.277. The molecule has 1 aliphatic heterocycles. The van der Waals surface area contributed by atoms with Crippen molar-refractivity contribution in [1.82, 2.24) is 5.32 Å². The molecule has 456 valence electrons. The maximum atomic E-state index is 15.6. The number of unbranched alkanes of at least 4 members (excludes halogenated alkanes) is 25. The van der Waals surface area contributed by atoms with Gasteiger partial charge in [-0.3, -0.25) is 9.59 Å². The molecule has 2 aromatic rings. The Kier molecular flexibility index (Phi) is 40.3. The van der Waals surface area contributed by atoms with E-state index >= 15 is 8.78 Å². The Bertz CT molecular complexity index is 1840. The Morgan fingerprint density at radius 2 is 1.11 bits per heavy atom. The van der Waals surface area contributed by atoms with Crippen molar-refractivity contribution in [2.45, 2.75) is 295 Å². The number of alkyl halides is 2. The van der Waals surface area contributed by atoms with Crippen LogP contribution in [0.4, 0.5) is 8.78 Å². The average molecular weight is 1130 g/mol. The van der Waals surface area contributed by atoms with Crippen molar-refractivity contribution in [2.24, 2.45) is 0 Å². The first kappa shape index (κ1) is 70.5. The van der Waals surface area contributed by atoms with Gasteiger partial charge in [0.25, 0.3) is 0 Å². The number of halogens is 2. The van der Waals surface area contributed by atoms with Crippen LogP contribution in [0.1, 0.15) is 244 Å². The minimum absolute atomic E-state index is 0.0208. The monoisotopic (exact) mass is 1130 g/mol. The SMILES string of the molecule is C=CCO[C@@H]1O[C@H](COCOCc2ccccc2)[C@@H](O)[C@H](OC(=O)C[C@@H](CCCCCCCCCCC)OC(=O)C(F)(F)CCCCCCCCCCCC)[C@H]1NC(=O)C[C@@H](CCCCCCCCCCC)OCc1ccccc1. The minimum Gasteiger partial charge on any atom is -0.457 e. The van der Waals surface area contributed by atoms with Crippen LogP contribution in [0.3, 0.4) is 0 Å². The van der Waals surface area contributed by atoms with Gasteiger partial charge in [0.15, 0.2) is 12.4 Å². The van der Waals surface area contributed by atoms with Crippen LogP contribution in [0, 0.1) is 0 Å². The number of benzene rings is 2. The van der Waals surface area contributed by atoms with Crippen molar-refractivity contribution >= 4 is 17.8 Å². The topological polar surface area (TPSA) is 148 Å². The number of ether oxygens (including phenoxy) is 7. The Morgan fingerprint density at radius 1 is 0.637 bits per heavy atom. The molecule has 80 heavy (non-hydrogen) atoms. The first-order chi connectivity index (χ1) is 39.0. The van der Waals surface area contributed by atoms with Gasteiger partial charge in [-0.05, 0) is 36.8 Å². The molecule has 14 heteroatoms. The highest BCUT2D eigenvalue weighted by Gasteiger charge is 2.49. The maximum absolute atomic E-state index is 15.6. The summed E-state index contributed by atoms with van der Waals surface area (Å²) in [6.45, 7) is 10.6. The molecule has 0 unspecified atom stereocenters. The first-order valence-corrected chi connectivity index (χ1v) is 31.5. The van der Waals surface area contributed by atoms with Gasteiger partial charge >= 0.3 is 17.9 Å². The highest BCUT2D eigenvalue weighted by atomic mass is 19.3. The lowest BCUT2D eigenvalue weighted by Crippen LogP contribution is -2.66. The van der Waals surface area contributed by atoms with Crippen LogP contribution in [0.5, 0.6) is 0 Å². The van der Waals surface area contributed by atoms with E-state index in [1.165, 1.54) is 76.7 Å². The number of aliphatic hydroxyl groups is 1. The van der Waals surface area contributed by atoms with E-state index in [-0.39, 0.29) is 45.9 Å². The third kappa shape index (κ3) is 32.7. The molecule has 3 rings (SSSR count). The zero-order valence-electron chi connectivity index (χ0n) is 49.8. The van der Waals surface area contributed by atoms with E-state index in [4.69, 9.17) is 33.2 Å². The molecule has 1 fully saturated rings. The summed E-state index contributed by atoms with van der Waals surface area (Å²) in [6, 6.07) is 18.1. The predicted molar refractivity (Wildman–Crippen MR) is 314 cm³/mol. The Morgan fingerprint density at radius 3 is 1.62 bits per heavy atom. The normalized spacial score (nSPS) is 18.1. The lowest BCUT2D eigenvalue weighted by atomic mass is 9.95. The van der Waals surface area contributed by atoms with Gasteiger partial charge in [-0.2, -0.15) is 8.78 Å². The molecule has 0 aliphatic carbocycles. The third-order valence-electron chi connectivity index (χ3n) is 15.0. The van der Waals surface area contributed by atoms with Gasteiger partial charge in [0, 0.05) is 6.42 Å². The summed E-state index contributed by atoms with van der Waals surface area (Å²) in [5.41, 5.74) is 1.91. The quantitative estimate of drug-likeness (QED) is 0.0282. The Hall–Kier alpha value is -3.79. The molecule has 1 heterocycles. The molecular formula is C66H107F2NO11. The van der Waals surface area contributed by atoms with Gasteiger partial charge in [-0.15, -0.1) is 6.58 Å². The highest BCUT2D eigenvalue weighted by Crippen LogP contribution is 2.30. The Balaban J connectivity index is 1.81. The van der Waals surface area contributed by atoms with E-state index < -0.39 is 79.5 Å². The molecule has 0 saturated carbocycles. The second-order valence-corrected chi connectivity index (χ2v) is 22.3. The summed E-state index contributed by atoms with van der Waals surface area (Å²) in [5.74, 6) is -6.75. The van der Waals surface area contributed by atoms with E-state index in [0.717, 1.165) is 101 Å². The van der Waals surface area contributed by atoms with Crippen molar-refractivity contribution in [3.05, 3.63) is 84.4 Å². The zero-order chi connectivity index (χ0) is 57.7. The predicted octanol–water partition coefficient (Wildman–Crippen LogP) is 15.9. The molecule has 0 bridgehead atoms. The van der Waals surface area contributed by atoms with Gasteiger partial charge in [0.1, 0.15) is 31.1 Å². The van der Waals surface area contributed by atoms with E-state index in [0.29, 0.717) is 25.9 Å². The zero-order valence-corrected chi connectivity index (χ0v) is 49.8. The largest absolute Gasteiger partial charge is 0.457 e. The fourth-order valence-corrected chi connectivity index (χ4v) is 10.2. The number of amides is 1. The van der Waals surface area contributed by atoms with Crippen molar-refractivity contribution < 1.29 is 61.4 Å². The molecule has 0 spiro atoms. The summed E-state index contributed by atoms with van der Waals surface area (Å²) >= 11 is 0. The summed E-state index contributed by atoms with van der Waals surface area (Å²) < 4.78 is 73.2. The molecule has 7 atom stereocenters. The minimum atomic E-state index is -3.74. The van der Waals surface area contributed by atoms with Gasteiger partial charge in [-0.1, -0.05) is 254 Å². The second kappa shape index (κ2) is 45.7. The highest BCUT2D eigenvalue weighted by molar-refractivity contribution is 5.78. The summed E-state index contributed by atoms with van der Waals surface area (Å²) in [4.78, 5) is 41.9. The Labute approximate surface area is 481 Å². The fourth-order valence-electron chi connectivity index (χ4n) is 10.2. The number of hydrogen-bond acceptors (Lipinski definition) is 11. The third-order valence-corrected chi connectivity index (χ3v) is 15.0. The van der Waals surface area contributed by atoms with Gasteiger partial charge in [-0.25, -0.2) is 4.79 Å². The second-order valence-electron chi connectivity index (χ2n) is 22.3. The number of esters is 2. The van der Waals surface area contributed by atoms with Crippen LogP contribution in [0.15, 0.2) is 73.3 Å².